The van der Waals surface area contributed by atoms with Crippen molar-refractivity contribution in [3.63, 3.8) is 0 Å². The van der Waals surface area contributed by atoms with Gasteiger partial charge in [-0.25, -0.2) is 5.06 Å². The Morgan fingerprint density at radius 1 is 1.24 bits per heavy atom. The second-order valence-electron chi connectivity index (χ2n) is 4.33. The summed E-state index contributed by atoms with van der Waals surface area (Å²) in [6.07, 6.45) is 5.36. The molecule has 1 aliphatic heterocycles. The Bertz CT molecular complexity index is 250. The molecular weight excluding hydrogens is 220 g/mol. The highest BCUT2D eigenvalue weighted by Gasteiger charge is 2.16. The lowest BCUT2D eigenvalue weighted by Crippen LogP contribution is -2.35. The number of amides is 2. The first kappa shape index (κ1) is 14.0. The normalized spacial score (nSPS) is 15.7. The summed E-state index contributed by atoms with van der Waals surface area (Å²) in [4.78, 5) is 27.5. The molecule has 5 heteroatoms. The van der Waals surface area contributed by atoms with Crippen LogP contribution in [0, 0.1) is 0 Å². The van der Waals surface area contributed by atoms with Crippen LogP contribution in [0.2, 0.25) is 0 Å². The smallest absolute Gasteiger partial charge is 0.246 e. The SMILES string of the molecule is CC(=O)NCCCCCC(=O)N1CCCCO1. The van der Waals surface area contributed by atoms with Crippen LogP contribution >= 0.6 is 0 Å². The molecule has 0 unspecified atom stereocenters. The lowest BCUT2D eigenvalue weighted by Gasteiger charge is -2.25. The highest BCUT2D eigenvalue weighted by atomic mass is 16.7. The molecule has 0 radical (unpaired) electrons. The van der Waals surface area contributed by atoms with Crippen LogP contribution in [0.25, 0.3) is 0 Å². The van der Waals surface area contributed by atoms with E-state index in [4.69, 9.17) is 4.84 Å². The molecule has 2 amide bonds. The summed E-state index contributed by atoms with van der Waals surface area (Å²) in [5.74, 6) is 0.0898. The summed E-state index contributed by atoms with van der Waals surface area (Å²) in [6.45, 7) is 3.60. The molecule has 1 fully saturated rings. The van der Waals surface area contributed by atoms with E-state index in [0.717, 1.165) is 38.6 Å². The van der Waals surface area contributed by atoms with Gasteiger partial charge < -0.3 is 5.32 Å². The number of hydrogen-bond acceptors (Lipinski definition) is 3. The fraction of sp³-hybridized carbons (Fsp3) is 0.833. The van der Waals surface area contributed by atoms with Gasteiger partial charge in [-0.1, -0.05) is 6.42 Å². The van der Waals surface area contributed by atoms with Gasteiger partial charge in [0.05, 0.1) is 6.61 Å². The molecule has 5 nitrogen and oxygen atoms in total. The van der Waals surface area contributed by atoms with Crippen molar-refractivity contribution in [3.8, 4) is 0 Å². The summed E-state index contributed by atoms with van der Waals surface area (Å²) in [5, 5.41) is 4.24. The highest BCUT2D eigenvalue weighted by Crippen LogP contribution is 2.09. The molecule has 0 atom stereocenters. The van der Waals surface area contributed by atoms with Gasteiger partial charge in [-0.05, 0) is 25.7 Å². The van der Waals surface area contributed by atoms with E-state index < -0.39 is 0 Å². The maximum Gasteiger partial charge on any atom is 0.246 e. The van der Waals surface area contributed by atoms with Crippen molar-refractivity contribution < 1.29 is 14.4 Å². The van der Waals surface area contributed by atoms with Crippen LogP contribution in [0.15, 0.2) is 0 Å². The minimum absolute atomic E-state index is 0.00259. The van der Waals surface area contributed by atoms with Crippen molar-refractivity contribution in [2.45, 2.75) is 45.4 Å². The van der Waals surface area contributed by atoms with Gasteiger partial charge in [0.15, 0.2) is 0 Å². The molecular formula is C12H22N2O3. The van der Waals surface area contributed by atoms with E-state index in [9.17, 15) is 9.59 Å². The topological polar surface area (TPSA) is 58.6 Å². The van der Waals surface area contributed by atoms with Gasteiger partial charge in [0.25, 0.3) is 0 Å². The van der Waals surface area contributed by atoms with Gasteiger partial charge >= 0.3 is 0 Å². The lowest BCUT2D eigenvalue weighted by atomic mass is 10.2. The molecule has 1 saturated heterocycles. The molecule has 0 aromatic carbocycles. The van der Waals surface area contributed by atoms with Gasteiger partial charge in [0.2, 0.25) is 11.8 Å². The maximum absolute atomic E-state index is 11.7. The zero-order chi connectivity index (χ0) is 12.5. The van der Waals surface area contributed by atoms with Gasteiger partial charge in [0, 0.05) is 26.4 Å². The number of nitrogens with one attached hydrogen (secondary N) is 1. The molecule has 1 N–H and O–H groups in total. The molecule has 0 saturated carbocycles. The number of hydroxylamine groups is 2. The first-order valence-corrected chi connectivity index (χ1v) is 6.38. The predicted molar refractivity (Wildman–Crippen MR) is 64.1 cm³/mol. The number of hydrogen-bond donors (Lipinski definition) is 1. The Balaban J connectivity index is 1.98. The number of nitrogens with zero attached hydrogens (tertiary/aromatic N) is 1. The Labute approximate surface area is 102 Å². The van der Waals surface area contributed by atoms with E-state index in [1.54, 1.807) is 0 Å². The van der Waals surface area contributed by atoms with Crippen molar-refractivity contribution in [1.29, 1.82) is 0 Å². The molecule has 1 aliphatic rings. The minimum Gasteiger partial charge on any atom is -0.356 e. The van der Waals surface area contributed by atoms with Crippen molar-refractivity contribution in [2.24, 2.45) is 0 Å². The van der Waals surface area contributed by atoms with Gasteiger partial charge in [-0.15, -0.1) is 0 Å². The van der Waals surface area contributed by atoms with Crippen LogP contribution in [0.5, 0.6) is 0 Å². The third-order valence-electron chi connectivity index (χ3n) is 2.72. The maximum atomic E-state index is 11.7. The van der Waals surface area contributed by atoms with E-state index in [1.165, 1.54) is 12.0 Å². The van der Waals surface area contributed by atoms with Crippen molar-refractivity contribution in [2.75, 3.05) is 19.7 Å². The summed E-state index contributed by atoms with van der Waals surface area (Å²) in [5.41, 5.74) is 0. The van der Waals surface area contributed by atoms with Crippen LogP contribution in [-0.2, 0) is 14.4 Å². The molecule has 0 spiro atoms. The fourth-order valence-electron chi connectivity index (χ4n) is 1.76. The lowest BCUT2D eigenvalue weighted by molar-refractivity contribution is -0.197. The Morgan fingerprint density at radius 3 is 2.71 bits per heavy atom. The van der Waals surface area contributed by atoms with Crippen LogP contribution in [0.1, 0.15) is 45.4 Å². The monoisotopic (exact) mass is 242 g/mol. The van der Waals surface area contributed by atoms with E-state index in [2.05, 4.69) is 5.32 Å². The first-order chi connectivity index (χ1) is 8.20. The standard InChI is InChI=1S/C12H22N2O3/c1-11(15)13-8-4-2-3-7-12(16)14-9-5-6-10-17-14/h2-10H2,1H3,(H,13,15). The van der Waals surface area contributed by atoms with Crippen molar-refractivity contribution in [3.05, 3.63) is 0 Å². The largest absolute Gasteiger partial charge is 0.356 e. The summed E-state index contributed by atoms with van der Waals surface area (Å²) < 4.78 is 0. The molecule has 0 aromatic rings. The van der Waals surface area contributed by atoms with E-state index in [-0.39, 0.29) is 11.8 Å². The first-order valence-electron chi connectivity index (χ1n) is 6.38. The Morgan fingerprint density at radius 2 is 2.06 bits per heavy atom. The zero-order valence-corrected chi connectivity index (χ0v) is 10.5. The van der Waals surface area contributed by atoms with Gasteiger partial charge in [0.1, 0.15) is 0 Å². The van der Waals surface area contributed by atoms with Gasteiger partial charge in [-0.3, -0.25) is 14.4 Å². The van der Waals surface area contributed by atoms with E-state index in [0.29, 0.717) is 19.6 Å². The Hall–Kier alpha value is -1.10. The van der Waals surface area contributed by atoms with Crippen LogP contribution in [0.3, 0.4) is 0 Å². The third kappa shape index (κ3) is 6.26. The average molecular weight is 242 g/mol. The van der Waals surface area contributed by atoms with E-state index in [1.807, 2.05) is 0 Å². The fourth-order valence-corrected chi connectivity index (χ4v) is 1.76. The summed E-state index contributed by atoms with van der Waals surface area (Å²) in [6, 6.07) is 0. The Kier molecular flexibility index (Phi) is 6.62. The quantitative estimate of drug-likeness (QED) is 0.713. The third-order valence-corrected chi connectivity index (χ3v) is 2.72. The van der Waals surface area contributed by atoms with Crippen LogP contribution < -0.4 is 5.32 Å². The summed E-state index contributed by atoms with van der Waals surface area (Å²) >= 11 is 0. The second-order valence-corrected chi connectivity index (χ2v) is 4.33. The molecule has 98 valence electrons. The zero-order valence-electron chi connectivity index (χ0n) is 10.5. The number of carbonyl (C=O) groups is 2. The van der Waals surface area contributed by atoms with Crippen LogP contribution in [0.4, 0.5) is 0 Å². The van der Waals surface area contributed by atoms with E-state index >= 15 is 0 Å². The average Bonchev–Trinajstić information content (AvgIpc) is 2.34. The summed E-state index contributed by atoms with van der Waals surface area (Å²) in [7, 11) is 0. The molecule has 0 bridgehead atoms. The number of rotatable bonds is 6. The van der Waals surface area contributed by atoms with Gasteiger partial charge in [-0.2, -0.15) is 0 Å². The molecule has 0 aromatic heterocycles. The highest BCUT2D eigenvalue weighted by molar-refractivity contribution is 5.75. The number of unbranched alkanes of at least 4 members (excludes halogenated alkanes) is 2. The van der Waals surface area contributed by atoms with Crippen molar-refractivity contribution >= 4 is 11.8 Å². The second kappa shape index (κ2) is 8.06. The molecule has 17 heavy (non-hydrogen) atoms. The number of carbonyl (C=O) groups excluding carboxylic acids is 2. The minimum atomic E-state index is 0.00259. The molecule has 1 rings (SSSR count). The van der Waals surface area contributed by atoms with Crippen molar-refractivity contribution in [1.82, 2.24) is 10.4 Å². The van der Waals surface area contributed by atoms with Crippen LogP contribution in [-0.4, -0.2) is 36.6 Å². The predicted octanol–water partition coefficient (Wildman–Crippen LogP) is 1.24. The molecule has 1 heterocycles. The molecule has 0 aliphatic carbocycles.